The number of carbonyl (C=O) groups excluding carboxylic acids is 1. The molecule has 18 heavy (non-hydrogen) atoms. The average Bonchev–Trinajstić information content (AvgIpc) is 2.69. The minimum absolute atomic E-state index is 0.0593. The summed E-state index contributed by atoms with van der Waals surface area (Å²) in [5, 5.41) is 6.24. The Labute approximate surface area is 101 Å². The Morgan fingerprint density at radius 2 is 2.11 bits per heavy atom. The number of halogens is 2. The van der Waals surface area contributed by atoms with Crippen LogP contribution < -0.4 is 11.1 Å². The predicted octanol–water partition coefficient (Wildman–Crippen LogP) is 1.38. The Morgan fingerprint density at radius 1 is 1.33 bits per heavy atom. The standard InChI is InChI=1S/C11H10F2N4O/c12-8-2-1-7(5-9(8)13)15-11(18)6-17-4-3-10(14)16-17/h1-5H,6H2,(H2,14,16)(H,15,18). The first kappa shape index (κ1) is 12.0. The zero-order chi connectivity index (χ0) is 13.1. The maximum absolute atomic E-state index is 12.9. The van der Waals surface area contributed by atoms with E-state index < -0.39 is 17.5 Å². The molecule has 0 spiro atoms. The highest BCUT2D eigenvalue weighted by atomic mass is 19.2. The van der Waals surface area contributed by atoms with Crippen LogP contribution in [0.4, 0.5) is 20.3 Å². The van der Waals surface area contributed by atoms with Crippen molar-refractivity contribution in [3.8, 4) is 0 Å². The van der Waals surface area contributed by atoms with Gasteiger partial charge < -0.3 is 11.1 Å². The molecule has 0 radical (unpaired) electrons. The molecule has 2 aromatic rings. The highest BCUT2D eigenvalue weighted by Gasteiger charge is 2.07. The van der Waals surface area contributed by atoms with E-state index in [0.717, 1.165) is 12.1 Å². The van der Waals surface area contributed by atoms with Crippen LogP contribution >= 0.6 is 0 Å². The maximum atomic E-state index is 12.9. The first-order valence-corrected chi connectivity index (χ1v) is 5.08. The quantitative estimate of drug-likeness (QED) is 0.866. The predicted molar refractivity (Wildman–Crippen MR) is 61.6 cm³/mol. The third-order valence-corrected chi connectivity index (χ3v) is 2.17. The zero-order valence-corrected chi connectivity index (χ0v) is 9.23. The number of benzene rings is 1. The van der Waals surface area contributed by atoms with E-state index in [1.54, 1.807) is 12.3 Å². The Balaban J connectivity index is 2.00. The van der Waals surface area contributed by atoms with Crippen LogP contribution in [0, 0.1) is 11.6 Å². The van der Waals surface area contributed by atoms with Gasteiger partial charge in [-0.2, -0.15) is 5.10 Å². The molecule has 0 aliphatic carbocycles. The van der Waals surface area contributed by atoms with E-state index in [4.69, 9.17) is 5.73 Å². The Bertz CT molecular complexity index is 582. The molecule has 0 fully saturated rings. The third-order valence-electron chi connectivity index (χ3n) is 2.17. The summed E-state index contributed by atoms with van der Waals surface area (Å²) in [5.74, 6) is -2.09. The van der Waals surface area contributed by atoms with Crippen molar-refractivity contribution in [2.24, 2.45) is 0 Å². The molecule has 1 heterocycles. The fraction of sp³-hybridized carbons (Fsp3) is 0.0909. The molecule has 0 aliphatic heterocycles. The Hall–Kier alpha value is -2.44. The minimum Gasteiger partial charge on any atom is -0.382 e. The molecule has 1 aromatic carbocycles. The second-order valence-corrected chi connectivity index (χ2v) is 3.62. The summed E-state index contributed by atoms with van der Waals surface area (Å²) in [4.78, 5) is 11.6. The minimum atomic E-state index is -1.02. The molecule has 0 bridgehead atoms. The van der Waals surface area contributed by atoms with Gasteiger partial charge in [0.1, 0.15) is 12.4 Å². The Morgan fingerprint density at radius 3 is 2.72 bits per heavy atom. The third kappa shape index (κ3) is 2.82. The van der Waals surface area contributed by atoms with Crippen molar-refractivity contribution in [2.75, 3.05) is 11.1 Å². The molecule has 0 unspecified atom stereocenters. The highest BCUT2D eigenvalue weighted by Crippen LogP contribution is 2.13. The number of nitrogens with two attached hydrogens (primary N) is 1. The molecule has 5 nitrogen and oxygen atoms in total. The van der Waals surface area contributed by atoms with Gasteiger partial charge in [-0.05, 0) is 18.2 Å². The van der Waals surface area contributed by atoms with Crippen molar-refractivity contribution < 1.29 is 13.6 Å². The van der Waals surface area contributed by atoms with E-state index in [1.807, 2.05) is 0 Å². The zero-order valence-electron chi connectivity index (χ0n) is 9.23. The first-order valence-electron chi connectivity index (χ1n) is 5.08. The number of amides is 1. The van der Waals surface area contributed by atoms with Gasteiger partial charge in [0.15, 0.2) is 11.6 Å². The molecule has 94 valence electrons. The van der Waals surface area contributed by atoms with Crippen molar-refractivity contribution in [3.05, 3.63) is 42.1 Å². The van der Waals surface area contributed by atoms with Crippen LogP contribution in [-0.2, 0) is 11.3 Å². The monoisotopic (exact) mass is 252 g/mol. The lowest BCUT2D eigenvalue weighted by molar-refractivity contribution is -0.116. The van der Waals surface area contributed by atoms with Crippen LogP contribution in [0.5, 0.6) is 0 Å². The number of carbonyl (C=O) groups is 1. The molecule has 7 heteroatoms. The summed E-state index contributed by atoms with van der Waals surface area (Å²) in [6.45, 7) is -0.0593. The molecule has 3 N–H and O–H groups in total. The van der Waals surface area contributed by atoms with E-state index >= 15 is 0 Å². The van der Waals surface area contributed by atoms with Crippen molar-refractivity contribution in [1.82, 2.24) is 9.78 Å². The normalized spacial score (nSPS) is 10.3. The lowest BCUT2D eigenvalue weighted by Crippen LogP contribution is -2.19. The van der Waals surface area contributed by atoms with Gasteiger partial charge in [0, 0.05) is 18.0 Å². The van der Waals surface area contributed by atoms with Crippen molar-refractivity contribution in [1.29, 1.82) is 0 Å². The lowest BCUT2D eigenvalue weighted by Gasteiger charge is -2.05. The molecule has 2 rings (SSSR count). The van der Waals surface area contributed by atoms with Crippen LogP contribution in [0.3, 0.4) is 0 Å². The smallest absolute Gasteiger partial charge is 0.246 e. The van der Waals surface area contributed by atoms with E-state index in [9.17, 15) is 13.6 Å². The van der Waals surface area contributed by atoms with Crippen LogP contribution in [0.1, 0.15) is 0 Å². The molecule has 1 amide bonds. The fourth-order valence-corrected chi connectivity index (χ4v) is 1.39. The second kappa shape index (κ2) is 4.82. The van der Waals surface area contributed by atoms with E-state index in [1.165, 1.54) is 10.7 Å². The average molecular weight is 252 g/mol. The van der Waals surface area contributed by atoms with E-state index in [-0.39, 0.29) is 12.2 Å². The number of hydrogen-bond acceptors (Lipinski definition) is 3. The van der Waals surface area contributed by atoms with Crippen LogP contribution in [0.25, 0.3) is 0 Å². The van der Waals surface area contributed by atoms with Gasteiger partial charge in [0.2, 0.25) is 5.91 Å². The molecule has 0 saturated carbocycles. The number of rotatable bonds is 3. The first-order chi connectivity index (χ1) is 8.54. The van der Waals surface area contributed by atoms with Crippen molar-refractivity contribution in [2.45, 2.75) is 6.54 Å². The largest absolute Gasteiger partial charge is 0.382 e. The number of anilines is 2. The SMILES string of the molecule is Nc1ccn(CC(=O)Nc2ccc(F)c(F)c2)n1. The van der Waals surface area contributed by atoms with Crippen LogP contribution in [0.15, 0.2) is 30.5 Å². The summed E-state index contributed by atoms with van der Waals surface area (Å²) in [5.41, 5.74) is 5.57. The van der Waals surface area contributed by atoms with Crippen LogP contribution in [-0.4, -0.2) is 15.7 Å². The van der Waals surface area contributed by atoms with Gasteiger partial charge in [0.25, 0.3) is 0 Å². The lowest BCUT2D eigenvalue weighted by atomic mass is 10.3. The van der Waals surface area contributed by atoms with E-state index in [2.05, 4.69) is 10.4 Å². The van der Waals surface area contributed by atoms with Gasteiger partial charge in [-0.25, -0.2) is 8.78 Å². The van der Waals surface area contributed by atoms with Gasteiger partial charge in [0.05, 0.1) is 0 Å². The number of nitrogens with one attached hydrogen (secondary N) is 1. The summed E-state index contributed by atoms with van der Waals surface area (Å²) in [6, 6.07) is 4.67. The summed E-state index contributed by atoms with van der Waals surface area (Å²) < 4.78 is 26.9. The molecule has 0 saturated heterocycles. The summed E-state index contributed by atoms with van der Waals surface area (Å²) >= 11 is 0. The number of hydrogen-bond donors (Lipinski definition) is 2. The number of nitrogens with zero attached hydrogens (tertiary/aromatic N) is 2. The molecular weight excluding hydrogens is 242 g/mol. The molecule has 1 aromatic heterocycles. The topological polar surface area (TPSA) is 72.9 Å². The number of nitrogen functional groups attached to an aromatic ring is 1. The van der Waals surface area contributed by atoms with Gasteiger partial charge in [-0.15, -0.1) is 0 Å². The maximum Gasteiger partial charge on any atom is 0.246 e. The van der Waals surface area contributed by atoms with Crippen LogP contribution in [0.2, 0.25) is 0 Å². The highest BCUT2D eigenvalue weighted by molar-refractivity contribution is 5.90. The van der Waals surface area contributed by atoms with Gasteiger partial charge in [-0.1, -0.05) is 0 Å². The summed E-state index contributed by atoms with van der Waals surface area (Å²) in [6.07, 6.45) is 1.54. The fourth-order valence-electron chi connectivity index (χ4n) is 1.39. The Kier molecular flexibility index (Phi) is 3.22. The molecular formula is C11H10F2N4O. The van der Waals surface area contributed by atoms with Gasteiger partial charge >= 0.3 is 0 Å². The molecule has 0 atom stereocenters. The van der Waals surface area contributed by atoms with E-state index in [0.29, 0.717) is 5.82 Å². The molecule has 0 aliphatic rings. The van der Waals surface area contributed by atoms with Gasteiger partial charge in [-0.3, -0.25) is 9.48 Å². The van der Waals surface area contributed by atoms with Crippen molar-refractivity contribution in [3.63, 3.8) is 0 Å². The van der Waals surface area contributed by atoms with Crippen molar-refractivity contribution >= 4 is 17.4 Å². The summed E-state index contributed by atoms with van der Waals surface area (Å²) in [7, 11) is 0. The second-order valence-electron chi connectivity index (χ2n) is 3.62. The number of aromatic nitrogens is 2.